The van der Waals surface area contributed by atoms with Crippen LogP contribution in [0.2, 0.25) is 10.0 Å². The molecule has 3 N–H and O–H groups in total. The minimum Gasteiger partial charge on any atom is -0.384 e. The third-order valence-electron chi connectivity index (χ3n) is 6.56. The predicted octanol–water partition coefficient (Wildman–Crippen LogP) is 5.04. The smallest absolute Gasteiger partial charge is 0.245 e. The van der Waals surface area contributed by atoms with Crippen LogP contribution in [0, 0.1) is 16.7 Å². The molecule has 1 atom stereocenters. The van der Waals surface area contributed by atoms with Gasteiger partial charge in [-0.1, -0.05) is 55.2 Å². The Labute approximate surface area is 201 Å². The van der Waals surface area contributed by atoms with Crippen molar-refractivity contribution >= 4 is 46.3 Å². The van der Waals surface area contributed by atoms with Crippen LogP contribution in [0.5, 0.6) is 0 Å². The van der Waals surface area contributed by atoms with Crippen LogP contribution in [0.3, 0.4) is 0 Å². The van der Waals surface area contributed by atoms with E-state index in [1.807, 2.05) is 13.8 Å². The fourth-order valence-corrected chi connectivity index (χ4v) is 5.59. The van der Waals surface area contributed by atoms with Crippen molar-refractivity contribution in [2.75, 3.05) is 10.2 Å². The lowest BCUT2D eigenvalue weighted by Gasteiger charge is -2.46. The maximum atomic E-state index is 13.7. The molecular weight excluding hydrogens is 459 g/mol. The third kappa shape index (κ3) is 2.86. The molecule has 5 rings (SSSR count). The SMILES string of the molecule is CC1(C)CC(=O)C2=C(C1)N(c1ccc(Cl)c(Cl)c1)C(N)=C(C#N)C21C(=O)Nc2ccccc21. The molecule has 0 aromatic heterocycles. The molecule has 1 amide bonds. The number of carbonyl (C=O) groups is 2. The van der Waals surface area contributed by atoms with E-state index in [0.717, 1.165) is 0 Å². The zero-order valence-electron chi connectivity index (χ0n) is 18.0. The van der Waals surface area contributed by atoms with Gasteiger partial charge < -0.3 is 11.1 Å². The lowest BCUT2D eigenvalue weighted by molar-refractivity contribution is -0.123. The van der Waals surface area contributed by atoms with Gasteiger partial charge in [-0.2, -0.15) is 5.26 Å². The van der Waals surface area contributed by atoms with Gasteiger partial charge in [-0.25, -0.2) is 0 Å². The highest BCUT2D eigenvalue weighted by Gasteiger charge is 2.61. The first-order valence-electron chi connectivity index (χ1n) is 10.4. The summed E-state index contributed by atoms with van der Waals surface area (Å²) in [5, 5.41) is 13.8. The monoisotopic (exact) mass is 478 g/mol. The zero-order chi connectivity index (χ0) is 23.7. The van der Waals surface area contributed by atoms with Crippen molar-refractivity contribution in [1.29, 1.82) is 5.26 Å². The molecule has 0 bridgehead atoms. The quantitative estimate of drug-likeness (QED) is 0.597. The van der Waals surface area contributed by atoms with Gasteiger partial charge in [-0.3, -0.25) is 14.5 Å². The molecule has 1 spiro atoms. The molecule has 0 saturated carbocycles. The summed E-state index contributed by atoms with van der Waals surface area (Å²) < 4.78 is 0. The lowest BCUT2D eigenvalue weighted by Crippen LogP contribution is -2.52. The second kappa shape index (κ2) is 7.11. The number of carbonyl (C=O) groups excluding carboxylic acids is 2. The van der Waals surface area contributed by atoms with Gasteiger partial charge in [0.2, 0.25) is 5.91 Å². The summed E-state index contributed by atoms with van der Waals surface area (Å²) in [7, 11) is 0. The summed E-state index contributed by atoms with van der Waals surface area (Å²) in [5.74, 6) is -0.539. The number of nitriles is 1. The van der Waals surface area contributed by atoms with Gasteiger partial charge in [0.25, 0.3) is 0 Å². The molecule has 2 heterocycles. The highest BCUT2D eigenvalue weighted by atomic mass is 35.5. The Bertz CT molecular complexity index is 1370. The largest absolute Gasteiger partial charge is 0.384 e. The first kappa shape index (κ1) is 21.6. The number of nitrogens with two attached hydrogens (primary N) is 1. The number of ketones is 1. The summed E-state index contributed by atoms with van der Waals surface area (Å²) in [4.78, 5) is 29.0. The van der Waals surface area contributed by atoms with Crippen molar-refractivity contribution in [3.63, 3.8) is 0 Å². The van der Waals surface area contributed by atoms with Crippen LogP contribution in [0.15, 0.2) is 65.1 Å². The molecule has 166 valence electrons. The molecule has 0 saturated heterocycles. The number of benzene rings is 2. The third-order valence-corrected chi connectivity index (χ3v) is 7.30. The number of anilines is 2. The fourth-order valence-electron chi connectivity index (χ4n) is 5.29. The Hall–Kier alpha value is -3.27. The van der Waals surface area contributed by atoms with E-state index in [4.69, 9.17) is 28.9 Å². The number of amides is 1. The highest BCUT2D eigenvalue weighted by molar-refractivity contribution is 6.42. The molecule has 1 aliphatic carbocycles. The normalized spacial score (nSPS) is 23.4. The Morgan fingerprint density at radius 1 is 1.09 bits per heavy atom. The molecule has 1 unspecified atom stereocenters. The van der Waals surface area contributed by atoms with E-state index >= 15 is 0 Å². The number of Topliss-reactive ketones (excluding diaryl/α,β-unsaturated/α-hetero) is 1. The van der Waals surface area contributed by atoms with Gasteiger partial charge in [0, 0.05) is 34.6 Å². The number of halogens is 2. The number of hydrogen-bond donors (Lipinski definition) is 2. The molecule has 2 aromatic rings. The van der Waals surface area contributed by atoms with E-state index in [-0.39, 0.29) is 29.0 Å². The van der Waals surface area contributed by atoms with Crippen molar-refractivity contribution in [1.82, 2.24) is 0 Å². The Morgan fingerprint density at radius 2 is 1.82 bits per heavy atom. The van der Waals surface area contributed by atoms with Gasteiger partial charge in [0.05, 0.1) is 15.6 Å². The highest BCUT2D eigenvalue weighted by Crippen LogP contribution is 2.57. The molecule has 3 aliphatic rings. The molecule has 33 heavy (non-hydrogen) atoms. The van der Waals surface area contributed by atoms with Gasteiger partial charge in [-0.15, -0.1) is 0 Å². The number of nitrogens with one attached hydrogen (secondary N) is 1. The predicted molar refractivity (Wildman–Crippen MR) is 128 cm³/mol. The summed E-state index contributed by atoms with van der Waals surface area (Å²) in [5.41, 5.74) is 7.28. The van der Waals surface area contributed by atoms with E-state index < -0.39 is 11.3 Å². The van der Waals surface area contributed by atoms with E-state index in [1.54, 1.807) is 47.4 Å². The van der Waals surface area contributed by atoms with Crippen molar-refractivity contribution in [3.05, 3.63) is 80.7 Å². The van der Waals surface area contributed by atoms with Crippen LogP contribution in [-0.4, -0.2) is 11.7 Å². The van der Waals surface area contributed by atoms with Crippen LogP contribution >= 0.6 is 23.2 Å². The average molecular weight is 479 g/mol. The molecule has 6 nitrogen and oxygen atoms in total. The van der Waals surface area contributed by atoms with Gasteiger partial charge in [0.15, 0.2) is 5.78 Å². The first-order chi connectivity index (χ1) is 15.6. The number of nitrogens with zero attached hydrogens (tertiary/aromatic N) is 2. The van der Waals surface area contributed by atoms with E-state index in [0.29, 0.717) is 44.7 Å². The molecule has 2 aromatic carbocycles. The molecule has 2 aliphatic heterocycles. The van der Waals surface area contributed by atoms with Crippen molar-refractivity contribution < 1.29 is 9.59 Å². The maximum Gasteiger partial charge on any atom is 0.245 e. The van der Waals surface area contributed by atoms with E-state index in [2.05, 4.69) is 11.4 Å². The minimum absolute atomic E-state index is 0.0165. The van der Waals surface area contributed by atoms with Crippen LogP contribution in [0.4, 0.5) is 11.4 Å². The number of allylic oxidation sites excluding steroid dienone is 1. The number of para-hydroxylation sites is 1. The maximum absolute atomic E-state index is 13.7. The Morgan fingerprint density at radius 3 is 2.52 bits per heavy atom. The van der Waals surface area contributed by atoms with Crippen LogP contribution in [-0.2, 0) is 15.0 Å². The van der Waals surface area contributed by atoms with Gasteiger partial charge in [-0.05, 0) is 36.1 Å². The second-order valence-electron chi connectivity index (χ2n) is 9.32. The summed E-state index contributed by atoms with van der Waals surface area (Å²) in [6.45, 7) is 3.99. The molecule has 8 heteroatoms. The molecular formula is C25H20Cl2N4O2. The van der Waals surface area contributed by atoms with Crippen molar-refractivity contribution in [2.45, 2.75) is 32.1 Å². The number of fused-ring (bicyclic) bond motifs is 3. The van der Waals surface area contributed by atoms with Crippen LogP contribution in [0.1, 0.15) is 32.3 Å². The molecule has 0 radical (unpaired) electrons. The van der Waals surface area contributed by atoms with E-state index in [9.17, 15) is 14.9 Å². The lowest BCUT2D eigenvalue weighted by atomic mass is 9.61. The van der Waals surface area contributed by atoms with Crippen LogP contribution < -0.4 is 16.0 Å². The van der Waals surface area contributed by atoms with E-state index in [1.165, 1.54) is 0 Å². The summed E-state index contributed by atoms with van der Waals surface area (Å²) in [6.07, 6.45) is 0.724. The number of hydrogen-bond acceptors (Lipinski definition) is 5. The minimum atomic E-state index is -1.59. The first-order valence-corrected chi connectivity index (χ1v) is 11.2. The Balaban J connectivity index is 1.90. The summed E-state index contributed by atoms with van der Waals surface area (Å²) in [6, 6.07) is 14.3. The Kier molecular flexibility index (Phi) is 4.65. The second-order valence-corrected chi connectivity index (χ2v) is 10.1. The van der Waals surface area contributed by atoms with Crippen LogP contribution in [0.25, 0.3) is 0 Å². The van der Waals surface area contributed by atoms with Crippen molar-refractivity contribution in [2.24, 2.45) is 11.1 Å². The average Bonchev–Trinajstić information content (AvgIpc) is 3.02. The summed E-state index contributed by atoms with van der Waals surface area (Å²) >= 11 is 12.4. The fraction of sp³-hybridized carbons (Fsp3) is 0.240. The number of rotatable bonds is 1. The topological polar surface area (TPSA) is 99.2 Å². The molecule has 0 fully saturated rings. The van der Waals surface area contributed by atoms with Crippen molar-refractivity contribution in [3.8, 4) is 6.07 Å². The van der Waals surface area contributed by atoms with Gasteiger partial charge in [0.1, 0.15) is 17.3 Å². The standard InChI is InChI=1S/C25H20Cl2N4O2/c1-24(2)10-19-21(20(32)11-24)25(14-5-3-4-6-18(14)30-23(25)33)15(12-28)22(29)31(19)13-7-8-16(26)17(27)9-13/h3-9H,10-11,29H2,1-2H3,(H,30,33). The van der Waals surface area contributed by atoms with Gasteiger partial charge >= 0.3 is 0 Å². The zero-order valence-corrected chi connectivity index (χ0v) is 19.5.